The molecule has 3 N–H and O–H groups in total. The quantitative estimate of drug-likeness (QED) is 0.667. The van der Waals surface area contributed by atoms with Crippen LogP contribution in [0.15, 0.2) is 23.1 Å². The second kappa shape index (κ2) is 9.45. The highest BCUT2D eigenvalue weighted by atomic mass is 32.2. The van der Waals surface area contributed by atoms with Crippen LogP contribution in [0, 0.1) is 6.92 Å². The van der Waals surface area contributed by atoms with Crippen molar-refractivity contribution in [3.8, 4) is 0 Å². The molecular formula is C17H27N3O2S. The molecule has 0 spiro atoms. The minimum atomic E-state index is -0.574. The summed E-state index contributed by atoms with van der Waals surface area (Å²) >= 11 is 1.82. The van der Waals surface area contributed by atoms with Gasteiger partial charge in [0.05, 0.1) is 0 Å². The van der Waals surface area contributed by atoms with E-state index in [9.17, 15) is 9.59 Å². The average molecular weight is 337 g/mol. The van der Waals surface area contributed by atoms with E-state index in [1.165, 1.54) is 4.90 Å². The molecule has 0 radical (unpaired) electrons. The molecular weight excluding hydrogens is 310 g/mol. The van der Waals surface area contributed by atoms with E-state index >= 15 is 0 Å². The van der Waals surface area contributed by atoms with Gasteiger partial charge < -0.3 is 16.0 Å². The second-order valence-corrected chi connectivity index (χ2v) is 7.04. The fraction of sp³-hybridized carbons (Fsp3) is 0.529. The van der Waals surface area contributed by atoms with Crippen molar-refractivity contribution in [1.82, 2.24) is 10.6 Å². The van der Waals surface area contributed by atoms with E-state index in [1.807, 2.05) is 37.7 Å². The highest BCUT2D eigenvalue weighted by Crippen LogP contribution is 2.28. The van der Waals surface area contributed by atoms with Gasteiger partial charge in [0.1, 0.15) is 6.04 Å². The average Bonchev–Trinajstić information content (AvgIpc) is 2.50. The van der Waals surface area contributed by atoms with Gasteiger partial charge in [-0.15, -0.1) is 11.8 Å². The third kappa shape index (κ3) is 6.52. The van der Waals surface area contributed by atoms with Crippen molar-refractivity contribution in [1.29, 1.82) is 0 Å². The van der Waals surface area contributed by atoms with Gasteiger partial charge in [0.25, 0.3) is 0 Å². The van der Waals surface area contributed by atoms with Gasteiger partial charge in [0.15, 0.2) is 0 Å². The van der Waals surface area contributed by atoms with E-state index in [0.29, 0.717) is 11.8 Å². The molecule has 128 valence electrons. The molecule has 1 rings (SSSR count). The van der Waals surface area contributed by atoms with Gasteiger partial charge in [-0.2, -0.15) is 0 Å². The molecule has 3 amide bonds. The Morgan fingerprint density at radius 2 is 1.91 bits per heavy atom. The van der Waals surface area contributed by atoms with Crippen LogP contribution in [0.1, 0.15) is 39.7 Å². The van der Waals surface area contributed by atoms with Crippen molar-refractivity contribution in [2.24, 2.45) is 0 Å². The summed E-state index contributed by atoms with van der Waals surface area (Å²) in [5, 5.41) is 8.66. The summed E-state index contributed by atoms with van der Waals surface area (Å²) in [4.78, 5) is 24.8. The van der Waals surface area contributed by atoms with E-state index in [4.69, 9.17) is 0 Å². The molecule has 2 atom stereocenters. The maximum absolute atomic E-state index is 12.0. The number of likely N-dealkylation sites (N-methyl/N-ethyl adjacent to an activating group) is 1. The third-order valence-electron chi connectivity index (χ3n) is 3.45. The SMILES string of the molecule is CCNC(=O)[C@H](C)NC(=O)Nc1ccc(S[C@H](C)CC)cc1C. The Morgan fingerprint density at radius 1 is 1.22 bits per heavy atom. The standard InChI is InChI=1S/C17H27N3O2S/c1-6-12(4)23-14-8-9-15(11(3)10-14)20-17(22)19-13(5)16(21)18-7-2/h8-10,12-13H,6-7H2,1-5H3,(H,18,21)(H2,19,20,22)/t12-,13+/m1/s1. The van der Waals surface area contributed by atoms with Gasteiger partial charge in [-0.25, -0.2) is 4.79 Å². The Morgan fingerprint density at radius 3 is 2.48 bits per heavy atom. The lowest BCUT2D eigenvalue weighted by Gasteiger charge is -2.16. The topological polar surface area (TPSA) is 70.2 Å². The summed E-state index contributed by atoms with van der Waals surface area (Å²) in [5.74, 6) is -0.195. The summed E-state index contributed by atoms with van der Waals surface area (Å²) in [6.07, 6.45) is 1.11. The van der Waals surface area contributed by atoms with Crippen LogP contribution < -0.4 is 16.0 Å². The normalized spacial score (nSPS) is 13.1. The lowest BCUT2D eigenvalue weighted by atomic mass is 10.2. The summed E-state index contributed by atoms with van der Waals surface area (Å²) in [7, 11) is 0. The number of hydrogen-bond acceptors (Lipinski definition) is 3. The number of rotatable bonds is 7. The van der Waals surface area contributed by atoms with Crippen molar-refractivity contribution < 1.29 is 9.59 Å². The summed E-state index contributed by atoms with van der Waals surface area (Å²) < 4.78 is 0. The zero-order valence-corrected chi connectivity index (χ0v) is 15.3. The van der Waals surface area contributed by atoms with Crippen LogP contribution in [-0.4, -0.2) is 29.8 Å². The smallest absolute Gasteiger partial charge is 0.319 e. The maximum atomic E-state index is 12.0. The van der Waals surface area contributed by atoms with Crippen LogP contribution in [0.5, 0.6) is 0 Å². The molecule has 23 heavy (non-hydrogen) atoms. The molecule has 0 aliphatic rings. The number of aryl methyl sites for hydroxylation is 1. The molecule has 6 heteroatoms. The molecule has 0 fully saturated rings. The van der Waals surface area contributed by atoms with Crippen molar-refractivity contribution in [3.05, 3.63) is 23.8 Å². The van der Waals surface area contributed by atoms with Gasteiger partial charge in [-0.05, 0) is 51.0 Å². The van der Waals surface area contributed by atoms with Gasteiger partial charge in [0, 0.05) is 22.4 Å². The van der Waals surface area contributed by atoms with Gasteiger partial charge in [-0.1, -0.05) is 13.8 Å². The molecule has 5 nitrogen and oxygen atoms in total. The molecule has 0 unspecified atom stereocenters. The van der Waals surface area contributed by atoms with E-state index in [0.717, 1.165) is 17.7 Å². The number of hydrogen-bond donors (Lipinski definition) is 3. The molecule has 0 heterocycles. The summed E-state index contributed by atoms with van der Waals surface area (Å²) in [6, 6.07) is 5.02. The van der Waals surface area contributed by atoms with Crippen LogP contribution in [0.4, 0.5) is 10.5 Å². The third-order valence-corrected chi connectivity index (χ3v) is 4.71. The second-order valence-electron chi connectivity index (χ2n) is 5.53. The predicted molar refractivity (Wildman–Crippen MR) is 97.1 cm³/mol. The Labute approximate surface area is 143 Å². The van der Waals surface area contributed by atoms with Crippen LogP contribution in [-0.2, 0) is 4.79 Å². The molecule has 0 saturated heterocycles. The van der Waals surface area contributed by atoms with Gasteiger partial charge >= 0.3 is 6.03 Å². The van der Waals surface area contributed by atoms with Gasteiger partial charge in [-0.3, -0.25) is 4.79 Å². The first-order valence-electron chi connectivity index (χ1n) is 7.99. The largest absolute Gasteiger partial charge is 0.355 e. The Balaban J connectivity index is 2.63. The number of anilines is 1. The van der Waals surface area contributed by atoms with Crippen LogP contribution in [0.3, 0.4) is 0 Å². The van der Waals surface area contributed by atoms with Crippen molar-refractivity contribution in [2.75, 3.05) is 11.9 Å². The molecule has 0 bridgehead atoms. The fourth-order valence-electron chi connectivity index (χ4n) is 1.91. The van der Waals surface area contributed by atoms with Gasteiger partial charge in [0.2, 0.25) is 5.91 Å². The number of nitrogens with one attached hydrogen (secondary N) is 3. The Bertz CT molecular complexity index is 549. The molecule has 0 aromatic heterocycles. The molecule has 1 aromatic carbocycles. The fourth-order valence-corrected chi connectivity index (χ4v) is 2.94. The van der Waals surface area contributed by atoms with Crippen LogP contribution >= 0.6 is 11.8 Å². The van der Waals surface area contributed by atoms with Crippen molar-refractivity contribution in [3.63, 3.8) is 0 Å². The summed E-state index contributed by atoms with van der Waals surface area (Å²) in [5.41, 5.74) is 1.75. The number of urea groups is 1. The monoisotopic (exact) mass is 337 g/mol. The van der Waals surface area contributed by atoms with Crippen LogP contribution in [0.2, 0.25) is 0 Å². The molecule has 0 aliphatic carbocycles. The van der Waals surface area contributed by atoms with E-state index < -0.39 is 6.04 Å². The van der Waals surface area contributed by atoms with E-state index in [2.05, 4.69) is 35.9 Å². The minimum absolute atomic E-state index is 0.195. The van der Waals surface area contributed by atoms with Crippen molar-refractivity contribution >= 4 is 29.4 Å². The number of carbonyl (C=O) groups excluding carboxylic acids is 2. The highest BCUT2D eigenvalue weighted by Gasteiger charge is 2.15. The zero-order valence-electron chi connectivity index (χ0n) is 14.5. The molecule has 0 aliphatic heterocycles. The first kappa shape index (κ1) is 19.4. The molecule has 1 aromatic rings. The van der Waals surface area contributed by atoms with E-state index in [1.54, 1.807) is 6.92 Å². The number of benzene rings is 1. The Hall–Kier alpha value is -1.69. The first-order valence-corrected chi connectivity index (χ1v) is 8.87. The van der Waals surface area contributed by atoms with Crippen LogP contribution in [0.25, 0.3) is 0 Å². The summed E-state index contributed by atoms with van der Waals surface area (Å²) in [6.45, 7) is 10.4. The zero-order chi connectivity index (χ0) is 17.4. The Kier molecular flexibility index (Phi) is 7.95. The first-order chi connectivity index (χ1) is 10.9. The minimum Gasteiger partial charge on any atom is -0.355 e. The number of thioether (sulfide) groups is 1. The van der Waals surface area contributed by atoms with E-state index in [-0.39, 0.29) is 11.9 Å². The maximum Gasteiger partial charge on any atom is 0.319 e. The lowest BCUT2D eigenvalue weighted by Crippen LogP contribution is -2.46. The highest BCUT2D eigenvalue weighted by molar-refractivity contribution is 7.99. The number of carbonyl (C=O) groups is 2. The molecule has 0 saturated carbocycles. The van der Waals surface area contributed by atoms with Crippen molar-refractivity contribution in [2.45, 2.75) is 57.2 Å². The lowest BCUT2D eigenvalue weighted by molar-refractivity contribution is -0.122. The number of amides is 3. The predicted octanol–water partition coefficient (Wildman–Crippen LogP) is 3.53.